The van der Waals surface area contributed by atoms with E-state index < -0.39 is 5.54 Å². The van der Waals surface area contributed by atoms with Crippen LogP contribution in [0, 0.1) is 0 Å². The molecule has 1 aliphatic carbocycles. The van der Waals surface area contributed by atoms with Gasteiger partial charge in [0.25, 0.3) is 0 Å². The monoisotopic (exact) mass is 374 g/mol. The Bertz CT molecular complexity index is 673. The van der Waals surface area contributed by atoms with E-state index in [0.717, 1.165) is 56.7 Å². The number of amides is 2. The number of nitrogens with one attached hydrogen (secondary N) is 1. The molecule has 2 heterocycles. The molecule has 0 unspecified atom stereocenters. The van der Waals surface area contributed by atoms with Crippen molar-refractivity contribution in [3.05, 3.63) is 18.3 Å². The molecule has 0 spiro atoms. The highest BCUT2D eigenvalue weighted by Gasteiger charge is 2.38. The van der Waals surface area contributed by atoms with E-state index in [9.17, 15) is 9.59 Å². The van der Waals surface area contributed by atoms with E-state index in [0.29, 0.717) is 13.2 Å². The fourth-order valence-corrected chi connectivity index (χ4v) is 4.17. The molecule has 1 aliphatic heterocycles. The van der Waals surface area contributed by atoms with Crippen LogP contribution in [0.25, 0.3) is 0 Å². The van der Waals surface area contributed by atoms with Gasteiger partial charge < -0.3 is 15.0 Å². The average molecular weight is 374 g/mol. The summed E-state index contributed by atoms with van der Waals surface area (Å²) in [5.41, 5.74) is 0.316. The van der Waals surface area contributed by atoms with Crippen molar-refractivity contribution in [3.8, 4) is 0 Å². The van der Waals surface area contributed by atoms with Crippen LogP contribution in [-0.4, -0.2) is 48.8 Å². The summed E-state index contributed by atoms with van der Waals surface area (Å²) in [6.45, 7) is 6.46. The third kappa shape index (κ3) is 4.34. The van der Waals surface area contributed by atoms with E-state index in [-0.39, 0.29) is 18.4 Å². The Morgan fingerprint density at radius 1 is 1.22 bits per heavy atom. The molecule has 2 amide bonds. The molecule has 1 N–H and O–H groups in total. The predicted molar refractivity (Wildman–Crippen MR) is 105 cm³/mol. The van der Waals surface area contributed by atoms with Crippen molar-refractivity contribution < 1.29 is 14.3 Å². The Morgan fingerprint density at radius 3 is 2.70 bits per heavy atom. The number of rotatable bonds is 5. The van der Waals surface area contributed by atoms with Gasteiger partial charge in [-0.1, -0.05) is 19.3 Å². The number of likely N-dealkylation sites (N-methyl/N-ethyl adjacent to an activating group) is 1. The van der Waals surface area contributed by atoms with E-state index >= 15 is 0 Å². The molecular formula is C20H30N4O3. The molecule has 2 aliphatic rings. The molecule has 1 aromatic rings. The summed E-state index contributed by atoms with van der Waals surface area (Å²) in [6, 6.07) is 3.64. The number of esters is 1. The van der Waals surface area contributed by atoms with Crippen LogP contribution in [0.15, 0.2) is 18.3 Å². The highest BCUT2D eigenvalue weighted by molar-refractivity contribution is 5.96. The lowest BCUT2D eigenvalue weighted by Crippen LogP contribution is -2.57. The number of pyridine rings is 1. The fourth-order valence-electron chi connectivity index (χ4n) is 4.17. The summed E-state index contributed by atoms with van der Waals surface area (Å²) in [4.78, 5) is 33.7. The van der Waals surface area contributed by atoms with Crippen LogP contribution in [0.4, 0.5) is 16.3 Å². The smallest absolute Gasteiger partial charge is 0.322 e. The van der Waals surface area contributed by atoms with E-state index in [4.69, 9.17) is 4.74 Å². The van der Waals surface area contributed by atoms with Gasteiger partial charge in [0.2, 0.25) is 0 Å². The SMILES string of the molecule is CCOC(=O)CC1(NC(=O)N2CCN(CC)c3ncccc32)CCCCC1. The molecule has 1 aromatic heterocycles. The molecule has 0 bridgehead atoms. The van der Waals surface area contributed by atoms with Gasteiger partial charge in [-0.2, -0.15) is 0 Å². The second-order valence-electron chi connectivity index (χ2n) is 7.33. The first kappa shape index (κ1) is 19.5. The number of carbonyl (C=O) groups is 2. The summed E-state index contributed by atoms with van der Waals surface area (Å²) < 4.78 is 5.16. The summed E-state index contributed by atoms with van der Waals surface area (Å²) >= 11 is 0. The standard InChI is InChI=1S/C20H30N4O3/c1-3-23-13-14-24(16-9-8-12-21-18(16)23)19(26)22-20(10-6-5-7-11-20)15-17(25)27-4-2/h8-9,12H,3-7,10-11,13-15H2,1-2H3,(H,22,26). The fraction of sp³-hybridized carbons (Fsp3) is 0.650. The maximum absolute atomic E-state index is 13.2. The Balaban J connectivity index is 1.78. The molecule has 0 aromatic carbocycles. The second kappa shape index (κ2) is 8.59. The normalized spacial score (nSPS) is 18.6. The van der Waals surface area contributed by atoms with Gasteiger partial charge in [-0.3, -0.25) is 9.69 Å². The number of aromatic nitrogens is 1. The van der Waals surface area contributed by atoms with Gasteiger partial charge in [-0.25, -0.2) is 9.78 Å². The van der Waals surface area contributed by atoms with Crippen molar-refractivity contribution >= 4 is 23.5 Å². The average Bonchev–Trinajstić information content (AvgIpc) is 2.67. The third-order valence-corrected chi connectivity index (χ3v) is 5.55. The molecular weight excluding hydrogens is 344 g/mol. The summed E-state index contributed by atoms with van der Waals surface area (Å²) in [5.74, 6) is 0.599. The summed E-state index contributed by atoms with van der Waals surface area (Å²) in [7, 11) is 0. The molecule has 7 heteroatoms. The molecule has 27 heavy (non-hydrogen) atoms. The van der Waals surface area contributed by atoms with Crippen molar-refractivity contribution in [1.29, 1.82) is 0 Å². The lowest BCUT2D eigenvalue weighted by molar-refractivity contribution is -0.145. The number of urea groups is 1. The zero-order chi connectivity index (χ0) is 19.3. The van der Waals surface area contributed by atoms with Crippen LogP contribution in [0.3, 0.4) is 0 Å². The Morgan fingerprint density at radius 2 is 2.00 bits per heavy atom. The van der Waals surface area contributed by atoms with Gasteiger partial charge in [0.05, 0.1) is 24.3 Å². The van der Waals surface area contributed by atoms with Crippen molar-refractivity contribution in [2.45, 2.75) is 57.9 Å². The lowest BCUT2D eigenvalue weighted by atomic mass is 9.79. The van der Waals surface area contributed by atoms with Crippen LogP contribution >= 0.6 is 0 Å². The first-order valence-electron chi connectivity index (χ1n) is 10.0. The number of anilines is 2. The van der Waals surface area contributed by atoms with Crippen molar-refractivity contribution in [2.75, 3.05) is 36.0 Å². The number of ether oxygens (including phenoxy) is 1. The third-order valence-electron chi connectivity index (χ3n) is 5.55. The minimum absolute atomic E-state index is 0.147. The maximum atomic E-state index is 13.2. The van der Waals surface area contributed by atoms with Gasteiger partial charge in [0.1, 0.15) is 0 Å². The van der Waals surface area contributed by atoms with Gasteiger partial charge >= 0.3 is 12.0 Å². The first-order valence-corrected chi connectivity index (χ1v) is 10.0. The molecule has 148 valence electrons. The van der Waals surface area contributed by atoms with Gasteiger partial charge in [0, 0.05) is 25.8 Å². The van der Waals surface area contributed by atoms with E-state index in [1.165, 1.54) is 0 Å². The van der Waals surface area contributed by atoms with Crippen LogP contribution in [0.5, 0.6) is 0 Å². The quantitative estimate of drug-likeness (QED) is 0.802. The zero-order valence-corrected chi connectivity index (χ0v) is 16.4. The van der Waals surface area contributed by atoms with Gasteiger partial charge in [-0.15, -0.1) is 0 Å². The van der Waals surface area contributed by atoms with E-state index in [2.05, 4.69) is 22.1 Å². The molecule has 0 saturated heterocycles. The molecule has 0 atom stereocenters. The highest BCUT2D eigenvalue weighted by atomic mass is 16.5. The second-order valence-corrected chi connectivity index (χ2v) is 7.33. The van der Waals surface area contributed by atoms with Gasteiger partial charge in [-0.05, 0) is 38.8 Å². The van der Waals surface area contributed by atoms with Crippen LogP contribution in [0.1, 0.15) is 52.4 Å². The highest BCUT2D eigenvalue weighted by Crippen LogP contribution is 2.34. The molecule has 1 fully saturated rings. The number of fused-ring (bicyclic) bond motifs is 1. The first-order chi connectivity index (χ1) is 13.1. The van der Waals surface area contributed by atoms with Crippen LogP contribution < -0.4 is 15.1 Å². The minimum atomic E-state index is -0.508. The predicted octanol–water partition coefficient (Wildman–Crippen LogP) is 3.09. The number of hydrogen-bond donors (Lipinski definition) is 1. The summed E-state index contributed by atoms with van der Waals surface area (Å²) in [6.07, 6.45) is 6.79. The van der Waals surface area contributed by atoms with Crippen molar-refractivity contribution in [2.24, 2.45) is 0 Å². The topological polar surface area (TPSA) is 74.8 Å². The van der Waals surface area contributed by atoms with Crippen LogP contribution in [0.2, 0.25) is 0 Å². The van der Waals surface area contributed by atoms with E-state index in [1.807, 2.05) is 12.1 Å². The molecule has 7 nitrogen and oxygen atoms in total. The van der Waals surface area contributed by atoms with Crippen molar-refractivity contribution in [3.63, 3.8) is 0 Å². The number of carbonyl (C=O) groups excluding carboxylic acids is 2. The van der Waals surface area contributed by atoms with E-state index in [1.54, 1.807) is 18.0 Å². The minimum Gasteiger partial charge on any atom is -0.466 e. The lowest BCUT2D eigenvalue weighted by Gasteiger charge is -2.41. The Labute approximate surface area is 161 Å². The Hall–Kier alpha value is -2.31. The molecule has 0 radical (unpaired) electrons. The number of hydrogen-bond acceptors (Lipinski definition) is 5. The van der Waals surface area contributed by atoms with Crippen molar-refractivity contribution in [1.82, 2.24) is 10.3 Å². The largest absolute Gasteiger partial charge is 0.466 e. The molecule has 3 rings (SSSR count). The maximum Gasteiger partial charge on any atom is 0.322 e. The Kier molecular flexibility index (Phi) is 6.19. The van der Waals surface area contributed by atoms with Crippen LogP contribution in [-0.2, 0) is 9.53 Å². The van der Waals surface area contributed by atoms with Gasteiger partial charge in [0.15, 0.2) is 5.82 Å². The zero-order valence-electron chi connectivity index (χ0n) is 16.4. The molecule has 1 saturated carbocycles. The number of nitrogens with zero attached hydrogens (tertiary/aromatic N) is 3. The summed E-state index contributed by atoms with van der Waals surface area (Å²) in [5, 5.41) is 3.21.